The van der Waals surface area contributed by atoms with Crippen molar-refractivity contribution in [3.63, 3.8) is 0 Å². The van der Waals surface area contributed by atoms with Crippen LogP contribution in [0.15, 0.2) is 0 Å². The second kappa shape index (κ2) is 3.22. The molecule has 3 heteroatoms. The molecular formula is C8H15NO2. The van der Waals surface area contributed by atoms with Crippen LogP contribution in [0, 0.1) is 11.8 Å². The first-order chi connectivity index (χ1) is 5.11. The van der Waals surface area contributed by atoms with Crippen LogP contribution < -0.4 is 5.32 Å². The number of carboxylic acids is 1. The van der Waals surface area contributed by atoms with Crippen LogP contribution in [0.4, 0.5) is 0 Å². The first-order valence-electron chi connectivity index (χ1n) is 4.07. The first kappa shape index (κ1) is 8.53. The molecular weight excluding hydrogens is 142 g/mol. The van der Waals surface area contributed by atoms with E-state index in [-0.39, 0.29) is 5.92 Å². The van der Waals surface area contributed by atoms with E-state index in [1.807, 2.05) is 0 Å². The fourth-order valence-corrected chi connectivity index (χ4v) is 1.46. The number of nitrogens with one attached hydrogen (secondary N) is 1. The Morgan fingerprint density at radius 2 is 2.27 bits per heavy atom. The molecule has 0 radical (unpaired) electrons. The Hall–Kier alpha value is -0.570. The highest BCUT2D eigenvalue weighted by Crippen LogP contribution is 2.19. The van der Waals surface area contributed by atoms with Crippen molar-refractivity contribution < 1.29 is 9.90 Å². The number of carboxylic acid groups (broad SMARTS) is 1. The lowest BCUT2D eigenvalue weighted by Gasteiger charge is -2.13. The molecule has 0 bridgehead atoms. The highest BCUT2D eigenvalue weighted by Gasteiger charge is 2.30. The van der Waals surface area contributed by atoms with Gasteiger partial charge in [0.05, 0.1) is 5.92 Å². The molecule has 3 nitrogen and oxygen atoms in total. The van der Waals surface area contributed by atoms with Gasteiger partial charge in [-0.3, -0.25) is 4.79 Å². The van der Waals surface area contributed by atoms with Crippen LogP contribution in [0.5, 0.6) is 0 Å². The summed E-state index contributed by atoms with van der Waals surface area (Å²) < 4.78 is 0. The highest BCUT2D eigenvalue weighted by atomic mass is 16.4. The number of hydrogen-bond donors (Lipinski definition) is 2. The zero-order valence-electron chi connectivity index (χ0n) is 7.00. The maximum Gasteiger partial charge on any atom is 0.307 e. The summed E-state index contributed by atoms with van der Waals surface area (Å²) in [5.74, 6) is -0.289. The zero-order valence-corrected chi connectivity index (χ0v) is 7.00. The van der Waals surface area contributed by atoms with E-state index >= 15 is 0 Å². The molecule has 0 aromatic rings. The molecule has 0 amide bonds. The van der Waals surface area contributed by atoms with Gasteiger partial charge in [0, 0.05) is 12.6 Å². The van der Waals surface area contributed by atoms with Crippen LogP contribution in [-0.4, -0.2) is 23.7 Å². The van der Waals surface area contributed by atoms with E-state index in [0.717, 1.165) is 6.42 Å². The fourth-order valence-electron chi connectivity index (χ4n) is 1.46. The molecule has 11 heavy (non-hydrogen) atoms. The molecule has 0 aliphatic carbocycles. The van der Waals surface area contributed by atoms with Gasteiger partial charge < -0.3 is 10.4 Å². The van der Waals surface area contributed by atoms with Gasteiger partial charge in [0.1, 0.15) is 0 Å². The third kappa shape index (κ3) is 1.93. The molecule has 0 aromatic heterocycles. The predicted molar refractivity (Wildman–Crippen MR) is 42.4 cm³/mol. The molecule has 1 rings (SSSR count). The summed E-state index contributed by atoms with van der Waals surface area (Å²) in [5, 5.41) is 11.9. The third-order valence-corrected chi connectivity index (χ3v) is 2.32. The lowest BCUT2D eigenvalue weighted by Crippen LogP contribution is -2.26. The monoisotopic (exact) mass is 157 g/mol. The van der Waals surface area contributed by atoms with Crippen molar-refractivity contribution in [2.75, 3.05) is 6.54 Å². The summed E-state index contributed by atoms with van der Waals surface area (Å²) in [5.41, 5.74) is 0. The molecule has 0 aromatic carbocycles. The molecule has 0 spiro atoms. The van der Waals surface area contributed by atoms with Crippen LogP contribution in [-0.2, 0) is 4.79 Å². The van der Waals surface area contributed by atoms with Crippen LogP contribution in [0.1, 0.15) is 20.3 Å². The lowest BCUT2D eigenvalue weighted by atomic mass is 9.98. The van der Waals surface area contributed by atoms with Gasteiger partial charge in [-0.05, 0) is 12.3 Å². The Morgan fingerprint density at radius 3 is 2.55 bits per heavy atom. The van der Waals surface area contributed by atoms with Crippen molar-refractivity contribution in [3.05, 3.63) is 0 Å². The van der Waals surface area contributed by atoms with Crippen LogP contribution >= 0.6 is 0 Å². The summed E-state index contributed by atoms with van der Waals surface area (Å²) in [6, 6.07) is 0.399. The number of rotatable bonds is 2. The lowest BCUT2D eigenvalue weighted by molar-refractivity contribution is -0.141. The van der Waals surface area contributed by atoms with Crippen molar-refractivity contribution in [1.29, 1.82) is 0 Å². The third-order valence-electron chi connectivity index (χ3n) is 2.32. The molecule has 0 saturated carbocycles. The van der Waals surface area contributed by atoms with Gasteiger partial charge in [0.15, 0.2) is 0 Å². The maximum atomic E-state index is 10.5. The van der Waals surface area contributed by atoms with Crippen molar-refractivity contribution in [2.24, 2.45) is 11.8 Å². The minimum atomic E-state index is -0.666. The van der Waals surface area contributed by atoms with E-state index in [2.05, 4.69) is 19.2 Å². The number of aliphatic carboxylic acids is 1. The largest absolute Gasteiger partial charge is 0.481 e. The SMILES string of the molecule is CC(C)[C@@H]1C[C@@H](C(=O)O)CN1. The molecule has 1 saturated heterocycles. The maximum absolute atomic E-state index is 10.5. The van der Waals surface area contributed by atoms with E-state index in [4.69, 9.17) is 5.11 Å². The smallest absolute Gasteiger partial charge is 0.307 e. The standard InChI is InChI=1S/C8H15NO2/c1-5(2)7-3-6(4-9-7)8(10)11/h5-7,9H,3-4H2,1-2H3,(H,10,11)/t6-,7+/m1/s1. The van der Waals surface area contributed by atoms with Crippen LogP contribution in [0.3, 0.4) is 0 Å². The Morgan fingerprint density at radius 1 is 1.64 bits per heavy atom. The molecule has 1 heterocycles. The van der Waals surface area contributed by atoms with Gasteiger partial charge in [-0.25, -0.2) is 0 Å². The van der Waals surface area contributed by atoms with Crippen molar-refractivity contribution >= 4 is 5.97 Å². The summed E-state index contributed by atoms with van der Waals surface area (Å²) in [4.78, 5) is 10.5. The average molecular weight is 157 g/mol. The summed E-state index contributed by atoms with van der Waals surface area (Å²) in [7, 11) is 0. The van der Waals surface area contributed by atoms with E-state index in [9.17, 15) is 4.79 Å². The summed E-state index contributed by atoms with van der Waals surface area (Å²) in [6.45, 7) is 4.86. The fraction of sp³-hybridized carbons (Fsp3) is 0.875. The first-order valence-corrected chi connectivity index (χ1v) is 4.07. The molecule has 2 atom stereocenters. The minimum Gasteiger partial charge on any atom is -0.481 e. The van der Waals surface area contributed by atoms with E-state index < -0.39 is 5.97 Å². The molecule has 2 N–H and O–H groups in total. The second-order valence-corrected chi connectivity index (χ2v) is 3.53. The number of carbonyl (C=O) groups is 1. The quantitative estimate of drug-likeness (QED) is 0.620. The van der Waals surface area contributed by atoms with Crippen LogP contribution in [0.25, 0.3) is 0 Å². The Bertz CT molecular complexity index is 156. The van der Waals surface area contributed by atoms with Crippen molar-refractivity contribution in [3.8, 4) is 0 Å². The molecule has 1 aliphatic rings. The van der Waals surface area contributed by atoms with Crippen LogP contribution in [0.2, 0.25) is 0 Å². The topological polar surface area (TPSA) is 49.3 Å². The Labute approximate surface area is 66.8 Å². The van der Waals surface area contributed by atoms with Gasteiger partial charge in [-0.15, -0.1) is 0 Å². The van der Waals surface area contributed by atoms with Gasteiger partial charge in [-0.2, -0.15) is 0 Å². The highest BCUT2D eigenvalue weighted by molar-refractivity contribution is 5.70. The van der Waals surface area contributed by atoms with Crippen molar-refractivity contribution in [1.82, 2.24) is 5.32 Å². The number of hydrogen-bond acceptors (Lipinski definition) is 2. The van der Waals surface area contributed by atoms with E-state index in [1.54, 1.807) is 0 Å². The van der Waals surface area contributed by atoms with E-state index in [1.165, 1.54) is 0 Å². The average Bonchev–Trinajstić information content (AvgIpc) is 2.33. The molecule has 1 aliphatic heterocycles. The van der Waals surface area contributed by atoms with Gasteiger partial charge in [0.2, 0.25) is 0 Å². The van der Waals surface area contributed by atoms with Gasteiger partial charge in [-0.1, -0.05) is 13.8 Å². The van der Waals surface area contributed by atoms with E-state index in [0.29, 0.717) is 18.5 Å². The molecule has 0 unspecified atom stereocenters. The second-order valence-electron chi connectivity index (χ2n) is 3.53. The van der Waals surface area contributed by atoms with Gasteiger partial charge >= 0.3 is 5.97 Å². The normalized spacial score (nSPS) is 31.2. The Balaban J connectivity index is 2.41. The van der Waals surface area contributed by atoms with Crippen molar-refractivity contribution in [2.45, 2.75) is 26.3 Å². The zero-order chi connectivity index (χ0) is 8.43. The molecule has 1 fully saturated rings. The molecule has 64 valence electrons. The minimum absolute atomic E-state index is 0.164. The van der Waals surface area contributed by atoms with Gasteiger partial charge in [0.25, 0.3) is 0 Å². The Kier molecular flexibility index (Phi) is 2.49. The predicted octanol–water partition coefficient (Wildman–Crippen LogP) is 0.705. The summed E-state index contributed by atoms with van der Waals surface area (Å²) in [6.07, 6.45) is 0.785. The summed E-state index contributed by atoms with van der Waals surface area (Å²) >= 11 is 0.